The summed E-state index contributed by atoms with van der Waals surface area (Å²) in [6.07, 6.45) is 3.86. The molecule has 1 N–H and O–H groups in total. The zero-order chi connectivity index (χ0) is 15.6. The maximum absolute atomic E-state index is 9.47. The molecule has 2 rings (SSSR count). The molecule has 0 bridgehead atoms. The fraction of sp³-hybridized carbons (Fsp3) is 0.500. The van der Waals surface area contributed by atoms with Crippen LogP contribution in [0.25, 0.3) is 0 Å². The van der Waals surface area contributed by atoms with Gasteiger partial charge in [-0.3, -0.25) is 4.68 Å². The van der Waals surface area contributed by atoms with Gasteiger partial charge in [0.05, 0.1) is 12.8 Å². The molecule has 21 heavy (non-hydrogen) atoms. The Balaban J connectivity index is 2.29. The van der Waals surface area contributed by atoms with E-state index in [-0.39, 0.29) is 12.0 Å². The molecule has 0 amide bonds. The zero-order valence-electron chi connectivity index (χ0n) is 13.5. The average Bonchev–Trinajstić information content (AvgIpc) is 2.82. The Kier molecular flexibility index (Phi) is 4.32. The van der Waals surface area contributed by atoms with E-state index < -0.39 is 0 Å². The van der Waals surface area contributed by atoms with Crippen LogP contribution in [0.15, 0.2) is 24.5 Å². The number of aliphatic hydroxyl groups is 1. The van der Waals surface area contributed by atoms with E-state index in [4.69, 9.17) is 4.98 Å². The second-order valence-corrected chi connectivity index (χ2v) is 6.51. The number of hydrogen-bond acceptors (Lipinski definition) is 4. The first-order valence-corrected chi connectivity index (χ1v) is 7.10. The van der Waals surface area contributed by atoms with Gasteiger partial charge in [0.15, 0.2) is 0 Å². The molecule has 0 spiro atoms. The highest BCUT2D eigenvalue weighted by atomic mass is 16.3. The van der Waals surface area contributed by atoms with E-state index in [0.29, 0.717) is 0 Å². The predicted molar refractivity (Wildman–Crippen MR) is 84.2 cm³/mol. The summed E-state index contributed by atoms with van der Waals surface area (Å²) >= 11 is 0. The Morgan fingerprint density at radius 1 is 1.24 bits per heavy atom. The van der Waals surface area contributed by atoms with Crippen molar-refractivity contribution < 1.29 is 5.11 Å². The Hall–Kier alpha value is -1.88. The van der Waals surface area contributed by atoms with Crippen molar-refractivity contribution in [2.75, 3.05) is 11.9 Å². The molecule has 2 heterocycles. The Morgan fingerprint density at radius 2 is 1.95 bits per heavy atom. The molecule has 0 saturated carbocycles. The van der Waals surface area contributed by atoms with Crippen molar-refractivity contribution in [1.82, 2.24) is 14.8 Å². The van der Waals surface area contributed by atoms with Crippen LogP contribution in [0.3, 0.4) is 0 Å². The van der Waals surface area contributed by atoms with Crippen molar-refractivity contribution in [3.8, 4) is 0 Å². The molecule has 0 aliphatic heterocycles. The normalized spacial score (nSPS) is 11.7. The van der Waals surface area contributed by atoms with Gasteiger partial charge in [-0.15, -0.1) is 0 Å². The summed E-state index contributed by atoms with van der Waals surface area (Å²) < 4.78 is 1.79. The summed E-state index contributed by atoms with van der Waals surface area (Å²) in [5.41, 5.74) is 2.97. The van der Waals surface area contributed by atoms with Crippen LogP contribution in [-0.2, 0) is 25.6 Å². The van der Waals surface area contributed by atoms with Gasteiger partial charge in [0.2, 0.25) is 0 Å². The molecule has 5 nitrogen and oxygen atoms in total. The molecule has 0 unspecified atom stereocenters. The summed E-state index contributed by atoms with van der Waals surface area (Å²) in [5, 5.41) is 13.7. The first kappa shape index (κ1) is 15.5. The maximum atomic E-state index is 9.47. The fourth-order valence-electron chi connectivity index (χ4n) is 2.15. The quantitative estimate of drug-likeness (QED) is 0.937. The van der Waals surface area contributed by atoms with E-state index in [9.17, 15) is 5.11 Å². The van der Waals surface area contributed by atoms with E-state index in [1.807, 2.05) is 38.6 Å². The van der Waals surface area contributed by atoms with Crippen LogP contribution in [0.1, 0.15) is 37.6 Å². The monoisotopic (exact) mass is 288 g/mol. The van der Waals surface area contributed by atoms with Crippen molar-refractivity contribution in [2.45, 2.75) is 39.3 Å². The number of aliphatic hydroxyl groups excluding tert-OH is 1. The van der Waals surface area contributed by atoms with Gasteiger partial charge in [0.25, 0.3) is 0 Å². The maximum Gasteiger partial charge on any atom is 0.129 e. The molecule has 0 saturated heterocycles. The summed E-state index contributed by atoms with van der Waals surface area (Å²) in [5.74, 6) is 0.871. The van der Waals surface area contributed by atoms with Crippen molar-refractivity contribution in [3.63, 3.8) is 0 Å². The average molecular weight is 288 g/mol. The molecule has 0 aliphatic rings. The number of nitrogens with zero attached hydrogens (tertiary/aromatic N) is 4. The van der Waals surface area contributed by atoms with Crippen LogP contribution >= 0.6 is 0 Å². The van der Waals surface area contributed by atoms with Crippen molar-refractivity contribution in [2.24, 2.45) is 7.05 Å². The Morgan fingerprint density at radius 3 is 2.48 bits per heavy atom. The number of pyridine rings is 1. The fourth-order valence-corrected chi connectivity index (χ4v) is 2.15. The van der Waals surface area contributed by atoms with Crippen LogP contribution in [0, 0.1) is 0 Å². The second kappa shape index (κ2) is 5.85. The topological polar surface area (TPSA) is 54.2 Å². The van der Waals surface area contributed by atoms with Crippen LogP contribution in [0.5, 0.6) is 0 Å². The van der Waals surface area contributed by atoms with E-state index in [2.05, 4.69) is 30.8 Å². The minimum atomic E-state index is -0.0466. The van der Waals surface area contributed by atoms with Gasteiger partial charge in [-0.25, -0.2) is 4.98 Å². The number of hydrogen-bond donors (Lipinski definition) is 1. The lowest BCUT2D eigenvalue weighted by atomic mass is 9.91. The molecule has 0 radical (unpaired) electrons. The lowest BCUT2D eigenvalue weighted by Gasteiger charge is -2.23. The van der Waals surface area contributed by atoms with Gasteiger partial charge in [-0.2, -0.15) is 5.10 Å². The highest BCUT2D eigenvalue weighted by Gasteiger charge is 2.18. The zero-order valence-corrected chi connectivity index (χ0v) is 13.5. The number of aromatic nitrogens is 3. The first-order chi connectivity index (χ1) is 9.79. The van der Waals surface area contributed by atoms with Gasteiger partial charge in [-0.05, 0) is 17.7 Å². The summed E-state index contributed by atoms with van der Waals surface area (Å²) in [4.78, 5) is 6.82. The van der Waals surface area contributed by atoms with E-state index in [1.165, 1.54) is 0 Å². The second-order valence-electron chi connectivity index (χ2n) is 6.51. The summed E-state index contributed by atoms with van der Waals surface area (Å²) in [6.45, 7) is 7.14. The standard InChI is InChI=1S/C16H24N4O/c1-16(2,3)14-6-12(11-21)7-15(18-14)19(4)9-13-8-17-20(5)10-13/h6-8,10,21H,9,11H2,1-5H3. The lowest BCUT2D eigenvalue weighted by molar-refractivity contribution is 0.281. The van der Waals surface area contributed by atoms with Crippen LogP contribution in [0.4, 0.5) is 5.82 Å². The number of anilines is 1. The molecule has 5 heteroatoms. The number of aryl methyl sites for hydroxylation is 1. The molecular weight excluding hydrogens is 264 g/mol. The predicted octanol–water partition coefficient (Wildman–Crippen LogP) is 2.24. The van der Waals surface area contributed by atoms with Crippen molar-refractivity contribution in [3.05, 3.63) is 41.3 Å². The Bertz CT molecular complexity index is 613. The van der Waals surface area contributed by atoms with Crippen LogP contribution in [0.2, 0.25) is 0 Å². The SMILES string of the molecule is CN(Cc1cnn(C)c1)c1cc(CO)cc(C(C)(C)C)n1. The minimum Gasteiger partial charge on any atom is -0.392 e. The molecule has 0 aromatic carbocycles. The largest absolute Gasteiger partial charge is 0.392 e. The van der Waals surface area contributed by atoms with Crippen LogP contribution < -0.4 is 4.90 Å². The van der Waals surface area contributed by atoms with Crippen LogP contribution in [-0.4, -0.2) is 26.9 Å². The highest BCUT2D eigenvalue weighted by Crippen LogP contribution is 2.25. The highest BCUT2D eigenvalue weighted by molar-refractivity contribution is 5.43. The van der Waals surface area contributed by atoms with Gasteiger partial charge < -0.3 is 10.0 Å². The molecule has 114 valence electrons. The summed E-state index contributed by atoms with van der Waals surface area (Å²) in [7, 11) is 3.91. The minimum absolute atomic E-state index is 0.0271. The van der Waals surface area contributed by atoms with Gasteiger partial charge in [0, 0.05) is 43.5 Å². The Labute approximate surface area is 126 Å². The summed E-state index contributed by atoms with van der Waals surface area (Å²) in [6, 6.07) is 3.91. The lowest BCUT2D eigenvalue weighted by Crippen LogP contribution is -2.21. The molecule has 0 fully saturated rings. The first-order valence-electron chi connectivity index (χ1n) is 7.10. The van der Waals surface area contributed by atoms with E-state index >= 15 is 0 Å². The third kappa shape index (κ3) is 3.82. The van der Waals surface area contributed by atoms with Gasteiger partial charge in [0.1, 0.15) is 5.82 Å². The molecule has 0 atom stereocenters. The number of rotatable bonds is 4. The smallest absolute Gasteiger partial charge is 0.129 e. The van der Waals surface area contributed by atoms with Crippen molar-refractivity contribution >= 4 is 5.82 Å². The van der Waals surface area contributed by atoms with Gasteiger partial charge >= 0.3 is 0 Å². The van der Waals surface area contributed by atoms with E-state index in [0.717, 1.165) is 29.2 Å². The van der Waals surface area contributed by atoms with Crippen molar-refractivity contribution in [1.29, 1.82) is 0 Å². The molecular formula is C16H24N4O. The third-order valence-electron chi connectivity index (χ3n) is 3.39. The molecule has 2 aromatic rings. The molecule has 2 aromatic heterocycles. The molecule has 0 aliphatic carbocycles. The third-order valence-corrected chi connectivity index (χ3v) is 3.39. The van der Waals surface area contributed by atoms with E-state index in [1.54, 1.807) is 4.68 Å². The van der Waals surface area contributed by atoms with Gasteiger partial charge in [-0.1, -0.05) is 20.8 Å².